The average Bonchev–Trinajstić information content (AvgIpc) is 4.00. The Labute approximate surface area is 387 Å². The Morgan fingerprint density at radius 2 is 1.76 bits per heavy atom. The monoisotopic (exact) mass is 980 g/mol. The van der Waals surface area contributed by atoms with Crippen molar-refractivity contribution in [3.05, 3.63) is 71.2 Å². The van der Waals surface area contributed by atoms with Gasteiger partial charge in [-0.2, -0.15) is 18.3 Å². The van der Waals surface area contributed by atoms with E-state index < -0.39 is 51.5 Å². The molecule has 1 aromatic carbocycles. The minimum atomic E-state index is -4.45. The number of methoxy groups -OCH3 is 1. The lowest BCUT2D eigenvalue weighted by Gasteiger charge is -2.27. The largest absolute Gasteiger partial charge is 0.453 e. The highest BCUT2D eigenvalue weighted by molar-refractivity contribution is 7.92. The molecule has 1 aliphatic rings. The number of aromatic nitrogens is 6. The van der Waals surface area contributed by atoms with E-state index in [2.05, 4.69) is 50.4 Å². The van der Waals surface area contributed by atoms with Crippen molar-refractivity contribution >= 4 is 67.8 Å². The van der Waals surface area contributed by atoms with Crippen LogP contribution in [0.3, 0.4) is 0 Å². The first-order chi connectivity index (χ1) is 30.8. The zero-order valence-electron chi connectivity index (χ0n) is 37.0. The predicted molar refractivity (Wildman–Crippen MR) is 243 cm³/mol. The molecule has 356 valence electrons. The van der Waals surface area contributed by atoms with E-state index in [9.17, 15) is 36.0 Å². The molecule has 4 aromatic heterocycles. The van der Waals surface area contributed by atoms with Crippen molar-refractivity contribution in [3.63, 3.8) is 0 Å². The van der Waals surface area contributed by atoms with Crippen LogP contribution in [0.5, 0.6) is 0 Å². The molecule has 1 saturated heterocycles. The number of ether oxygens (including phenoxy) is 1. The minimum Gasteiger partial charge on any atom is -0.453 e. The summed E-state index contributed by atoms with van der Waals surface area (Å²) in [5.74, 6) is -1.11. The number of alkyl halides is 3. The number of sulfonamides is 1. The molecule has 25 heteroatoms. The number of hydrogen-bond donors (Lipinski definition) is 5. The zero-order valence-corrected chi connectivity index (χ0v) is 39.4. The number of pyridine rings is 1. The number of rotatable bonds is 13. The van der Waals surface area contributed by atoms with Crippen LogP contribution in [0.15, 0.2) is 48.9 Å². The maximum absolute atomic E-state index is 15.5. The lowest BCUT2D eigenvalue weighted by Crippen LogP contribution is -2.45. The Balaban J connectivity index is 0.000000251. The first kappa shape index (κ1) is 50.9. The third-order valence-corrected chi connectivity index (χ3v) is 12.1. The van der Waals surface area contributed by atoms with Crippen LogP contribution >= 0.6 is 22.9 Å². The fourth-order valence-electron chi connectivity index (χ4n) is 6.47. The molecule has 0 saturated carbocycles. The summed E-state index contributed by atoms with van der Waals surface area (Å²) in [5, 5.41) is 13.3. The summed E-state index contributed by atoms with van der Waals surface area (Å²) in [6.45, 7) is 10.2. The van der Waals surface area contributed by atoms with Crippen LogP contribution in [0, 0.1) is 12.7 Å². The number of aryl methyl sites for hydroxylation is 1. The Kier molecular flexibility index (Phi) is 15.9. The lowest BCUT2D eigenvalue weighted by molar-refractivity contribution is -0.181. The Morgan fingerprint density at radius 1 is 1.06 bits per heavy atom. The number of halogens is 5. The highest BCUT2D eigenvalue weighted by atomic mass is 35.5. The number of nitrogens with zero attached hydrogens (tertiary/aromatic N) is 7. The van der Waals surface area contributed by atoms with E-state index in [4.69, 9.17) is 17.3 Å². The number of nitrogens with two attached hydrogens (primary N) is 1. The number of hydrogen-bond acceptors (Lipinski definition) is 13. The van der Waals surface area contributed by atoms with Crippen molar-refractivity contribution in [3.8, 4) is 33.0 Å². The molecule has 0 unspecified atom stereocenters. The molecular weight excluding hydrogens is 932 g/mol. The Bertz CT molecular complexity index is 2700. The summed E-state index contributed by atoms with van der Waals surface area (Å²) in [5.41, 5.74) is 5.09. The average molecular weight is 981 g/mol. The number of nitrogens with one attached hydrogen (secondary N) is 4. The molecule has 0 bridgehead atoms. The molecule has 0 aliphatic carbocycles. The van der Waals surface area contributed by atoms with Crippen molar-refractivity contribution in [2.75, 3.05) is 41.8 Å². The molecule has 0 radical (unpaired) electrons. The third-order valence-electron chi connectivity index (χ3n) is 10.1. The van der Waals surface area contributed by atoms with Crippen LogP contribution < -0.4 is 26.4 Å². The van der Waals surface area contributed by atoms with Gasteiger partial charge in [0.1, 0.15) is 17.2 Å². The summed E-state index contributed by atoms with van der Waals surface area (Å²) < 4.78 is 87.4. The van der Waals surface area contributed by atoms with Gasteiger partial charge >= 0.3 is 18.3 Å². The van der Waals surface area contributed by atoms with Gasteiger partial charge in [0.05, 0.1) is 41.0 Å². The first-order valence-electron chi connectivity index (χ1n) is 20.2. The summed E-state index contributed by atoms with van der Waals surface area (Å²) >= 11 is 7.34. The van der Waals surface area contributed by atoms with Crippen LogP contribution in [0.4, 0.5) is 43.9 Å². The fraction of sp³-hybridized carbons (Fsp3) is 0.415. The van der Waals surface area contributed by atoms with E-state index in [0.717, 1.165) is 31.4 Å². The molecule has 0 spiro atoms. The predicted octanol–water partition coefficient (Wildman–Crippen LogP) is 7.74. The van der Waals surface area contributed by atoms with Gasteiger partial charge in [-0.05, 0) is 90.3 Å². The molecule has 1 aliphatic heterocycles. The van der Waals surface area contributed by atoms with Gasteiger partial charge < -0.3 is 26.0 Å². The van der Waals surface area contributed by atoms with Crippen molar-refractivity contribution in [1.29, 1.82) is 0 Å². The number of urea groups is 1. The quantitative estimate of drug-likeness (QED) is 0.0712. The molecule has 6 N–H and O–H groups in total. The number of amides is 4. The van der Waals surface area contributed by atoms with Gasteiger partial charge in [-0.15, -0.1) is 0 Å². The van der Waals surface area contributed by atoms with Gasteiger partial charge in [0, 0.05) is 59.9 Å². The number of primary amides is 1. The molecule has 5 aromatic rings. The first-order valence-corrected chi connectivity index (χ1v) is 23.2. The van der Waals surface area contributed by atoms with Gasteiger partial charge in [0.15, 0.2) is 10.9 Å². The van der Waals surface area contributed by atoms with E-state index in [1.165, 1.54) is 42.6 Å². The number of likely N-dealkylation sites (tertiary alicyclic amines) is 1. The van der Waals surface area contributed by atoms with Crippen LogP contribution in [0.2, 0.25) is 5.02 Å². The molecular formula is C41H49ClF4N12O6S2. The minimum absolute atomic E-state index is 0.00655. The van der Waals surface area contributed by atoms with E-state index >= 15 is 4.39 Å². The summed E-state index contributed by atoms with van der Waals surface area (Å²) in [4.78, 5) is 54.3. The van der Waals surface area contributed by atoms with Crippen molar-refractivity contribution in [2.24, 2.45) is 5.73 Å². The smallest absolute Gasteiger partial charge is 0.407 e. The highest BCUT2D eigenvalue weighted by Crippen LogP contribution is 2.42. The topological polar surface area (TPSA) is 241 Å². The summed E-state index contributed by atoms with van der Waals surface area (Å²) in [6.07, 6.45) is 1.69. The molecule has 5 heterocycles. The molecule has 66 heavy (non-hydrogen) atoms. The van der Waals surface area contributed by atoms with Crippen molar-refractivity contribution < 1.29 is 45.1 Å². The van der Waals surface area contributed by atoms with Gasteiger partial charge in [0.25, 0.3) is 0 Å². The molecule has 18 nitrogen and oxygen atoms in total. The zero-order chi connectivity index (χ0) is 48.9. The third kappa shape index (κ3) is 12.4. The Morgan fingerprint density at radius 3 is 2.39 bits per heavy atom. The number of anilines is 3. The second kappa shape index (κ2) is 20.6. The maximum Gasteiger partial charge on any atom is 0.407 e. The maximum atomic E-state index is 15.5. The summed E-state index contributed by atoms with van der Waals surface area (Å²) in [6, 6.07) is 5.74. The van der Waals surface area contributed by atoms with E-state index in [0.29, 0.717) is 53.3 Å². The van der Waals surface area contributed by atoms with E-state index in [1.807, 2.05) is 13.8 Å². The number of benzene rings is 1. The normalized spacial score (nSPS) is 14.6. The SMILES string of the molecule is COC(=O)N[C@@H](C)CNc1nccc(-c2cn(C(C)C)nc2-c2cc(Cl)cc(NS(C)(=O)=O)c2F)n1.Cc1nc(NC(=O)N2CCC[C@H]2C(N)=O)sc1-c1ccnc(C(C)(C)C(F)(F)F)c1. The standard InChI is InChI=1S/C22H27ClFN7O4S.C19H22F3N5O2S/c1-12(2)31-11-16(17-6-7-25-21(28-17)26-10-13(3)27-22(32)35-4)20(29-31)15-8-14(23)9-18(19(15)24)30-36(5,33)34;1-10-14(11-6-7-24-13(9-11)18(2,3)19(20,21)22)30-16(25-10)26-17(29)27-8-4-5-12(27)15(23)28/h6-9,11-13,30H,10H2,1-5H3,(H,27,32)(H,25,26,28);6-7,9,12H,4-5,8H2,1-3H3,(H2,23,28)(H,25,26,29)/t13-;12-/m00/s1. The number of thiazole rings is 1. The fourth-order valence-corrected chi connectivity index (χ4v) is 8.19. The lowest BCUT2D eigenvalue weighted by atomic mass is 9.87. The van der Waals surface area contributed by atoms with Gasteiger partial charge in [0.2, 0.25) is 21.9 Å². The van der Waals surface area contributed by atoms with E-state index in [1.54, 1.807) is 36.9 Å². The number of alkyl carbamates (subject to hydrolysis) is 1. The molecule has 1 fully saturated rings. The van der Waals surface area contributed by atoms with Gasteiger partial charge in [-0.25, -0.2) is 37.3 Å². The second-order valence-electron chi connectivity index (χ2n) is 16.0. The van der Waals surface area contributed by atoms with Crippen LogP contribution in [-0.2, 0) is 25.0 Å². The van der Waals surface area contributed by atoms with E-state index in [-0.39, 0.29) is 50.8 Å². The second-order valence-corrected chi connectivity index (χ2v) is 19.2. The van der Waals surface area contributed by atoms with Gasteiger partial charge in [-0.1, -0.05) is 22.9 Å². The van der Waals surface area contributed by atoms with Crippen molar-refractivity contribution in [1.82, 2.24) is 39.9 Å². The Hall–Kier alpha value is -6.14. The highest BCUT2D eigenvalue weighted by Gasteiger charge is 2.49. The van der Waals surface area contributed by atoms with Crippen LogP contribution in [0.1, 0.15) is 64.9 Å². The van der Waals surface area contributed by atoms with Crippen molar-refractivity contribution in [2.45, 2.75) is 84.1 Å². The summed E-state index contributed by atoms with van der Waals surface area (Å²) in [7, 11) is -2.47. The van der Waals surface area contributed by atoms with Crippen LogP contribution in [0.25, 0.3) is 33.0 Å². The van der Waals surface area contributed by atoms with Gasteiger partial charge in [-0.3, -0.25) is 24.5 Å². The van der Waals surface area contributed by atoms with Crippen LogP contribution in [-0.4, -0.2) is 106 Å². The molecule has 6 rings (SSSR count). The molecule has 2 atom stereocenters. The number of carbonyl (C=O) groups is 3. The molecule has 4 amide bonds. The number of carbonyl (C=O) groups excluding carboxylic acids is 3.